The van der Waals surface area contributed by atoms with Gasteiger partial charge in [-0.05, 0) is 49.4 Å². The third-order valence-electron chi connectivity index (χ3n) is 3.60. The first-order chi connectivity index (χ1) is 9.33. The van der Waals surface area contributed by atoms with Crippen LogP contribution in [0.2, 0.25) is 0 Å². The van der Waals surface area contributed by atoms with Crippen molar-refractivity contribution in [3.05, 3.63) is 29.8 Å². The van der Waals surface area contributed by atoms with E-state index < -0.39 is 0 Å². The molecule has 1 aromatic carbocycles. The molecule has 0 saturated heterocycles. The number of hydrogen-bond donors (Lipinski definition) is 1. The molecule has 1 unspecified atom stereocenters. The van der Waals surface area contributed by atoms with Crippen LogP contribution < -0.4 is 10.1 Å². The third-order valence-corrected chi connectivity index (χ3v) is 3.60. The van der Waals surface area contributed by atoms with Crippen molar-refractivity contribution in [1.29, 1.82) is 0 Å². The van der Waals surface area contributed by atoms with Crippen molar-refractivity contribution in [3.63, 3.8) is 0 Å². The predicted octanol–water partition coefficient (Wildman–Crippen LogP) is 3.16. The Morgan fingerprint density at radius 3 is 2.53 bits per heavy atom. The van der Waals surface area contributed by atoms with E-state index in [1.165, 1.54) is 18.4 Å². The Morgan fingerprint density at radius 1 is 1.21 bits per heavy atom. The molecule has 3 heteroatoms. The maximum Gasteiger partial charge on any atom is 0.119 e. The lowest BCUT2D eigenvalue weighted by molar-refractivity contribution is 0.146. The minimum absolute atomic E-state index is 0.466. The molecule has 1 aliphatic rings. The molecule has 0 heterocycles. The Morgan fingerprint density at radius 2 is 1.95 bits per heavy atom. The zero-order valence-corrected chi connectivity index (χ0v) is 12.0. The first kappa shape index (κ1) is 14.4. The van der Waals surface area contributed by atoms with Crippen LogP contribution in [-0.2, 0) is 4.74 Å². The molecule has 0 radical (unpaired) electrons. The van der Waals surface area contributed by atoms with Crippen LogP contribution in [0.3, 0.4) is 0 Å². The van der Waals surface area contributed by atoms with E-state index in [-0.39, 0.29) is 0 Å². The molecule has 1 aromatic rings. The second-order valence-corrected chi connectivity index (χ2v) is 5.22. The maximum absolute atomic E-state index is 5.58. The summed E-state index contributed by atoms with van der Waals surface area (Å²) in [6, 6.07) is 8.89. The normalized spacial score (nSPS) is 16.3. The monoisotopic (exact) mass is 263 g/mol. The van der Waals surface area contributed by atoms with E-state index in [0.717, 1.165) is 24.6 Å². The molecule has 1 saturated carbocycles. The van der Waals surface area contributed by atoms with E-state index in [2.05, 4.69) is 24.4 Å². The van der Waals surface area contributed by atoms with E-state index in [4.69, 9.17) is 9.47 Å². The first-order valence-corrected chi connectivity index (χ1v) is 7.28. The summed E-state index contributed by atoms with van der Waals surface area (Å²) < 4.78 is 10.5. The van der Waals surface area contributed by atoms with Gasteiger partial charge in [-0.25, -0.2) is 0 Å². The van der Waals surface area contributed by atoms with Crippen molar-refractivity contribution in [2.24, 2.45) is 5.92 Å². The van der Waals surface area contributed by atoms with Crippen LogP contribution in [0.15, 0.2) is 24.3 Å². The highest BCUT2D eigenvalue weighted by Crippen LogP contribution is 2.29. The largest absolute Gasteiger partial charge is 0.491 e. The molecule has 0 aromatic heterocycles. The van der Waals surface area contributed by atoms with Gasteiger partial charge >= 0.3 is 0 Å². The van der Waals surface area contributed by atoms with E-state index in [0.29, 0.717) is 19.3 Å². The molecule has 0 bridgehead atoms. The summed E-state index contributed by atoms with van der Waals surface area (Å²) in [5.41, 5.74) is 1.35. The topological polar surface area (TPSA) is 30.5 Å². The lowest BCUT2D eigenvalue weighted by atomic mass is 10.0. The number of hydrogen-bond acceptors (Lipinski definition) is 3. The summed E-state index contributed by atoms with van der Waals surface area (Å²) in [5.74, 6) is 1.84. The Hall–Kier alpha value is -1.06. The Labute approximate surface area is 116 Å². The standard InChI is InChI=1S/C16H25NO2/c1-3-16(17-12-13-4-5-13)14-6-8-15(9-7-14)19-11-10-18-2/h6-9,13,16-17H,3-5,10-12H2,1-2H3. The summed E-state index contributed by atoms with van der Waals surface area (Å²) in [5, 5.41) is 3.66. The van der Waals surface area contributed by atoms with Crippen LogP contribution in [0, 0.1) is 5.92 Å². The Bertz CT molecular complexity index is 360. The van der Waals surface area contributed by atoms with Gasteiger partial charge in [0.25, 0.3) is 0 Å². The van der Waals surface area contributed by atoms with Gasteiger partial charge < -0.3 is 14.8 Å². The summed E-state index contributed by atoms with van der Waals surface area (Å²) in [4.78, 5) is 0. The Kier molecular flexibility index (Phi) is 5.67. The van der Waals surface area contributed by atoms with Crippen LogP contribution in [0.1, 0.15) is 37.8 Å². The van der Waals surface area contributed by atoms with Gasteiger partial charge in [0, 0.05) is 13.2 Å². The van der Waals surface area contributed by atoms with Gasteiger partial charge in [-0.15, -0.1) is 0 Å². The highest BCUT2D eigenvalue weighted by Gasteiger charge is 2.22. The van der Waals surface area contributed by atoms with Crippen molar-refractivity contribution in [1.82, 2.24) is 5.32 Å². The van der Waals surface area contributed by atoms with Crippen molar-refractivity contribution < 1.29 is 9.47 Å². The molecule has 1 aliphatic carbocycles. The van der Waals surface area contributed by atoms with E-state index in [1.54, 1.807) is 7.11 Å². The predicted molar refractivity (Wildman–Crippen MR) is 77.6 cm³/mol. The molecule has 1 fully saturated rings. The highest BCUT2D eigenvalue weighted by atomic mass is 16.5. The fraction of sp³-hybridized carbons (Fsp3) is 0.625. The van der Waals surface area contributed by atoms with Gasteiger partial charge in [0.15, 0.2) is 0 Å². The molecular formula is C16H25NO2. The zero-order chi connectivity index (χ0) is 13.5. The minimum atomic E-state index is 0.466. The maximum atomic E-state index is 5.58. The quantitative estimate of drug-likeness (QED) is 0.694. The van der Waals surface area contributed by atoms with Crippen molar-refractivity contribution in [2.45, 2.75) is 32.2 Å². The second-order valence-electron chi connectivity index (χ2n) is 5.22. The van der Waals surface area contributed by atoms with Gasteiger partial charge in [-0.2, -0.15) is 0 Å². The molecule has 1 N–H and O–H groups in total. The van der Waals surface area contributed by atoms with Gasteiger partial charge in [0.2, 0.25) is 0 Å². The second kappa shape index (κ2) is 7.51. The Balaban J connectivity index is 1.83. The number of rotatable bonds is 9. The van der Waals surface area contributed by atoms with Crippen molar-refractivity contribution >= 4 is 0 Å². The molecule has 0 amide bonds. The van der Waals surface area contributed by atoms with Gasteiger partial charge in [0.1, 0.15) is 12.4 Å². The number of methoxy groups -OCH3 is 1. The highest BCUT2D eigenvalue weighted by molar-refractivity contribution is 5.29. The third kappa shape index (κ3) is 4.84. The summed E-state index contributed by atoms with van der Waals surface area (Å²) in [7, 11) is 1.68. The fourth-order valence-corrected chi connectivity index (χ4v) is 2.17. The van der Waals surface area contributed by atoms with Gasteiger partial charge in [0.05, 0.1) is 6.61 Å². The van der Waals surface area contributed by atoms with E-state index in [9.17, 15) is 0 Å². The van der Waals surface area contributed by atoms with Crippen molar-refractivity contribution in [3.8, 4) is 5.75 Å². The fourth-order valence-electron chi connectivity index (χ4n) is 2.17. The summed E-state index contributed by atoms with van der Waals surface area (Å²) in [6.07, 6.45) is 3.92. The van der Waals surface area contributed by atoms with Crippen LogP contribution in [0.25, 0.3) is 0 Å². The lowest BCUT2D eigenvalue weighted by Gasteiger charge is -2.17. The smallest absolute Gasteiger partial charge is 0.119 e. The van der Waals surface area contributed by atoms with Crippen LogP contribution >= 0.6 is 0 Å². The van der Waals surface area contributed by atoms with Gasteiger partial charge in [-0.3, -0.25) is 0 Å². The minimum Gasteiger partial charge on any atom is -0.491 e. The van der Waals surface area contributed by atoms with Crippen LogP contribution in [0.5, 0.6) is 5.75 Å². The molecule has 1 atom stereocenters. The summed E-state index contributed by atoms with van der Waals surface area (Å²) >= 11 is 0. The molecule has 0 aliphatic heterocycles. The average molecular weight is 263 g/mol. The van der Waals surface area contributed by atoms with Crippen molar-refractivity contribution in [2.75, 3.05) is 26.9 Å². The lowest BCUT2D eigenvalue weighted by Crippen LogP contribution is -2.22. The summed E-state index contributed by atoms with van der Waals surface area (Å²) in [6.45, 7) is 4.62. The first-order valence-electron chi connectivity index (χ1n) is 7.28. The van der Waals surface area contributed by atoms with Gasteiger partial charge in [-0.1, -0.05) is 19.1 Å². The van der Waals surface area contributed by atoms with Crippen LogP contribution in [0.4, 0.5) is 0 Å². The molecular weight excluding hydrogens is 238 g/mol. The molecule has 106 valence electrons. The number of nitrogens with one attached hydrogen (secondary N) is 1. The molecule has 19 heavy (non-hydrogen) atoms. The molecule has 2 rings (SSSR count). The molecule has 3 nitrogen and oxygen atoms in total. The average Bonchev–Trinajstić information content (AvgIpc) is 3.25. The van der Waals surface area contributed by atoms with E-state index >= 15 is 0 Å². The zero-order valence-electron chi connectivity index (χ0n) is 12.0. The number of ether oxygens (including phenoxy) is 2. The van der Waals surface area contributed by atoms with Crippen LogP contribution in [-0.4, -0.2) is 26.9 Å². The SMILES string of the molecule is CCC(NCC1CC1)c1ccc(OCCOC)cc1. The molecule has 0 spiro atoms. The van der Waals surface area contributed by atoms with E-state index in [1.807, 2.05) is 12.1 Å². The number of benzene rings is 1.